The molecule has 0 aromatic heterocycles. The standard InChI is InChI=1S/C12H19BrS/c13-12-7-14-6-11(12)5-10-4-8-1-2-9(10)3-8/h8-12H,1-7H2. The quantitative estimate of drug-likeness (QED) is 0.688. The van der Waals surface area contributed by atoms with Gasteiger partial charge in [-0.1, -0.05) is 22.4 Å². The van der Waals surface area contributed by atoms with Crippen LogP contribution in [0.4, 0.5) is 0 Å². The summed E-state index contributed by atoms with van der Waals surface area (Å²) in [6, 6.07) is 0. The molecule has 0 nitrogen and oxygen atoms in total. The van der Waals surface area contributed by atoms with Crippen LogP contribution in [0.2, 0.25) is 0 Å². The highest BCUT2D eigenvalue weighted by Gasteiger charge is 2.41. The summed E-state index contributed by atoms with van der Waals surface area (Å²) in [5.74, 6) is 7.13. The number of thioether (sulfide) groups is 1. The van der Waals surface area contributed by atoms with E-state index in [-0.39, 0.29) is 0 Å². The predicted molar refractivity (Wildman–Crippen MR) is 67.1 cm³/mol. The Bertz CT molecular complexity index is 218. The predicted octanol–water partition coefficient (Wildman–Crippen LogP) is 3.94. The summed E-state index contributed by atoms with van der Waals surface area (Å²) >= 11 is 5.99. The van der Waals surface area contributed by atoms with Gasteiger partial charge in [-0.2, -0.15) is 11.8 Å². The molecule has 0 spiro atoms. The Kier molecular flexibility index (Phi) is 2.87. The first-order valence-corrected chi connectivity index (χ1v) is 8.12. The van der Waals surface area contributed by atoms with Crippen LogP contribution in [0, 0.1) is 23.7 Å². The molecule has 1 saturated heterocycles. The van der Waals surface area contributed by atoms with Crippen molar-refractivity contribution in [3.8, 4) is 0 Å². The molecular weight excluding hydrogens is 256 g/mol. The lowest BCUT2D eigenvalue weighted by atomic mass is 9.82. The molecule has 5 unspecified atom stereocenters. The molecule has 0 amide bonds. The highest BCUT2D eigenvalue weighted by atomic mass is 79.9. The molecule has 80 valence electrons. The molecule has 1 aliphatic heterocycles. The van der Waals surface area contributed by atoms with E-state index in [0.717, 1.165) is 28.5 Å². The van der Waals surface area contributed by atoms with Crippen LogP contribution in [-0.2, 0) is 0 Å². The van der Waals surface area contributed by atoms with Gasteiger partial charge in [-0.05, 0) is 55.1 Å². The minimum absolute atomic E-state index is 0.826. The first kappa shape index (κ1) is 10.0. The third-order valence-corrected chi connectivity index (χ3v) is 7.37. The fourth-order valence-corrected chi connectivity index (χ4v) is 6.36. The van der Waals surface area contributed by atoms with Crippen molar-refractivity contribution in [2.75, 3.05) is 11.5 Å². The number of fused-ring (bicyclic) bond motifs is 2. The average molecular weight is 275 g/mol. The van der Waals surface area contributed by atoms with Crippen LogP contribution in [-0.4, -0.2) is 16.3 Å². The molecule has 2 aliphatic carbocycles. The maximum Gasteiger partial charge on any atom is 0.0272 e. The zero-order valence-corrected chi connectivity index (χ0v) is 11.0. The summed E-state index contributed by atoms with van der Waals surface area (Å²) < 4.78 is 0. The molecule has 3 aliphatic rings. The van der Waals surface area contributed by atoms with E-state index in [1.165, 1.54) is 17.9 Å². The second kappa shape index (κ2) is 4.01. The van der Waals surface area contributed by atoms with E-state index in [9.17, 15) is 0 Å². The summed E-state index contributed by atoms with van der Waals surface area (Å²) in [4.78, 5) is 0.826. The average Bonchev–Trinajstić information content (AvgIpc) is 2.83. The molecule has 0 N–H and O–H groups in total. The molecule has 5 atom stereocenters. The Morgan fingerprint density at radius 1 is 1.07 bits per heavy atom. The first-order valence-electron chi connectivity index (χ1n) is 6.04. The van der Waals surface area contributed by atoms with Crippen molar-refractivity contribution in [2.24, 2.45) is 23.7 Å². The van der Waals surface area contributed by atoms with Gasteiger partial charge < -0.3 is 0 Å². The normalized spacial score (nSPS) is 51.6. The van der Waals surface area contributed by atoms with Crippen LogP contribution in [0.25, 0.3) is 0 Å². The van der Waals surface area contributed by atoms with Crippen molar-refractivity contribution in [1.82, 2.24) is 0 Å². The molecule has 1 heterocycles. The number of halogens is 1. The van der Waals surface area contributed by atoms with Crippen LogP contribution in [0.3, 0.4) is 0 Å². The van der Waals surface area contributed by atoms with Crippen LogP contribution < -0.4 is 0 Å². The van der Waals surface area contributed by atoms with Gasteiger partial charge in [0.15, 0.2) is 0 Å². The number of alkyl halides is 1. The van der Waals surface area contributed by atoms with Crippen LogP contribution >= 0.6 is 27.7 Å². The Labute approximate surface area is 99.7 Å². The van der Waals surface area contributed by atoms with E-state index in [1.54, 1.807) is 25.7 Å². The van der Waals surface area contributed by atoms with Gasteiger partial charge in [-0.15, -0.1) is 0 Å². The van der Waals surface area contributed by atoms with E-state index in [1.807, 2.05) is 0 Å². The summed E-state index contributed by atoms with van der Waals surface area (Å²) in [7, 11) is 0. The second-order valence-electron chi connectivity index (χ2n) is 5.48. The van der Waals surface area contributed by atoms with E-state index in [0.29, 0.717) is 0 Å². The van der Waals surface area contributed by atoms with Crippen LogP contribution in [0.5, 0.6) is 0 Å². The van der Waals surface area contributed by atoms with Gasteiger partial charge in [0.25, 0.3) is 0 Å². The summed E-state index contributed by atoms with van der Waals surface area (Å²) in [5, 5.41) is 0. The van der Waals surface area contributed by atoms with Crippen LogP contribution in [0.15, 0.2) is 0 Å². The molecule has 0 radical (unpaired) electrons. The minimum atomic E-state index is 0.826. The number of hydrogen-bond donors (Lipinski definition) is 0. The highest BCUT2D eigenvalue weighted by Crippen LogP contribution is 2.51. The van der Waals surface area contributed by atoms with E-state index < -0.39 is 0 Å². The van der Waals surface area contributed by atoms with Crippen molar-refractivity contribution in [2.45, 2.75) is 36.9 Å². The second-order valence-corrected chi connectivity index (χ2v) is 7.74. The molecule has 2 heteroatoms. The van der Waals surface area contributed by atoms with Gasteiger partial charge in [0.05, 0.1) is 0 Å². The molecule has 0 aromatic carbocycles. The minimum Gasteiger partial charge on any atom is -0.161 e. The highest BCUT2D eigenvalue weighted by molar-refractivity contribution is 9.09. The van der Waals surface area contributed by atoms with Crippen molar-refractivity contribution >= 4 is 27.7 Å². The number of hydrogen-bond acceptors (Lipinski definition) is 1. The van der Waals surface area contributed by atoms with Crippen molar-refractivity contribution in [3.05, 3.63) is 0 Å². The van der Waals surface area contributed by atoms with Gasteiger partial charge >= 0.3 is 0 Å². The van der Waals surface area contributed by atoms with Crippen LogP contribution in [0.1, 0.15) is 32.1 Å². The lowest BCUT2D eigenvalue weighted by Gasteiger charge is -2.25. The zero-order valence-electron chi connectivity index (χ0n) is 8.62. The lowest BCUT2D eigenvalue weighted by molar-refractivity contribution is 0.280. The molecular formula is C12H19BrS. The van der Waals surface area contributed by atoms with Crippen molar-refractivity contribution < 1.29 is 0 Å². The van der Waals surface area contributed by atoms with E-state index >= 15 is 0 Å². The Hall–Kier alpha value is 0.830. The Balaban J connectivity index is 1.57. The first-order chi connectivity index (χ1) is 6.83. The van der Waals surface area contributed by atoms with E-state index in [2.05, 4.69) is 27.7 Å². The molecule has 3 rings (SSSR count). The molecule has 0 aromatic rings. The Morgan fingerprint density at radius 3 is 2.57 bits per heavy atom. The molecule has 14 heavy (non-hydrogen) atoms. The van der Waals surface area contributed by atoms with Gasteiger partial charge in [0.2, 0.25) is 0 Å². The smallest absolute Gasteiger partial charge is 0.0272 e. The lowest BCUT2D eigenvalue weighted by Crippen LogP contribution is -2.20. The maximum absolute atomic E-state index is 3.84. The van der Waals surface area contributed by atoms with Gasteiger partial charge in [-0.3, -0.25) is 0 Å². The summed E-state index contributed by atoms with van der Waals surface area (Å²) in [6.45, 7) is 0. The molecule has 2 saturated carbocycles. The fourth-order valence-electron chi connectivity index (χ4n) is 3.84. The number of rotatable bonds is 2. The topological polar surface area (TPSA) is 0 Å². The van der Waals surface area contributed by atoms with Crippen molar-refractivity contribution in [3.63, 3.8) is 0 Å². The summed E-state index contributed by atoms with van der Waals surface area (Å²) in [5.41, 5.74) is 0. The third-order valence-electron chi connectivity index (χ3n) is 4.61. The SMILES string of the molecule is BrC1CSCC1CC1CC2CCC1C2. The van der Waals surface area contributed by atoms with Gasteiger partial charge in [-0.25, -0.2) is 0 Å². The van der Waals surface area contributed by atoms with E-state index in [4.69, 9.17) is 0 Å². The summed E-state index contributed by atoms with van der Waals surface area (Å²) in [6.07, 6.45) is 7.80. The molecule has 3 fully saturated rings. The van der Waals surface area contributed by atoms with Crippen molar-refractivity contribution in [1.29, 1.82) is 0 Å². The molecule has 2 bridgehead atoms. The maximum atomic E-state index is 3.84. The Morgan fingerprint density at radius 2 is 2.00 bits per heavy atom. The van der Waals surface area contributed by atoms with Gasteiger partial charge in [0, 0.05) is 10.6 Å². The third kappa shape index (κ3) is 1.77. The zero-order chi connectivity index (χ0) is 9.54. The fraction of sp³-hybridized carbons (Fsp3) is 1.00. The van der Waals surface area contributed by atoms with Gasteiger partial charge in [0.1, 0.15) is 0 Å². The largest absolute Gasteiger partial charge is 0.161 e. The monoisotopic (exact) mass is 274 g/mol.